The number of likely N-dealkylation sites (N-methyl/N-ethyl adjacent to an activating group) is 1. The zero-order valence-corrected chi connectivity index (χ0v) is 14.0. The van der Waals surface area contributed by atoms with Gasteiger partial charge >= 0.3 is 0 Å². The molecule has 2 fully saturated rings. The van der Waals surface area contributed by atoms with E-state index in [0.29, 0.717) is 6.04 Å². The van der Waals surface area contributed by atoms with Gasteiger partial charge in [0.2, 0.25) is 0 Å². The number of fused-ring (bicyclic) bond motifs is 1. The van der Waals surface area contributed by atoms with Crippen molar-refractivity contribution in [3.63, 3.8) is 0 Å². The summed E-state index contributed by atoms with van der Waals surface area (Å²) in [5.41, 5.74) is 2.14. The average molecular weight is 313 g/mol. The van der Waals surface area contributed by atoms with Gasteiger partial charge in [-0.05, 0) is 63.5 Å². The van der Waals surface area contributed by atoms with Crippen LogP contribution < -0.4 is 5.32 Å². The monoisotopic (exact) mass is 313 g/mol. The molecule has 2 atom stereocenters. The molecule has 0 radical (unpaired) electrons. The van der Waals surface area contributed by atoms with E-state index in [2.05, 4.69) is 32.8 Å². The Hall–Kier alpha value is -1.46. The van der Waals surface area contributed by atoms with Gasteiger partial charge in [0.1, 0.15) is 11.3 Å². The van der Waals surface area contributed by atoms with Crippen LogP contribution in [0.5, 0.6) is 0 Å². The van der Waals surface area contributed by atoms with Gasteiger partial charge in [-0.2, -0.15) is 0 Å². The standard InChI is InChI=1S/C18H27N5/c1-2-22-10-4-5-15(13-22)23-17(11-14-7-9-19-12-14)21-16-6-3-8-20-18(16)23/h3,6,8,14-15,19H,2,4-5,7,9-13H2,1H3. The van der Waals surface area contributed by atoms with Gasteiger partial charge in [-0.1, -0.05) is 6.92 Å². The molecular weight excluding hydrogens is 286 g/mol. The number of hydrogen-bond acceptors (Lipinski definition) is 4. The highest BCUT2D eigenvalue weighted by Crippen LogP contribution is 2.28. The predicted molar refractivity (Wildman–Crippen MR) is 92.6 cm³/mol. The lowest BCUT2D eigenvalue weighted by atomic mass is 10.0. The molecule has 5 heteroatoms. The Morgan fingerprint density at radius 1 is 1.35 bits per heavy atom. The Kier molecular flexibility index (Phi) is 4.31. The molecule has 0 spiro atoms. The first kappa shape index (κ1) is 15.1. The molecule has 5 nitrogen and oxygen atoms in total. The van der Waals surface area contributed by atoms with Crippen LogP contribution in [0.15, 0.2) is 18.3 Å². The van der Waals surface area contributed by atoms with E-state index in [0.717, 1.165) is 49.7 Å². The van der Waals surface area contributed by atoms with Crippen molar-refractivity contribution in [2.75, 3.05) is 32.7 Å². The van der Waals surface area contributed by atoms with Gasteiger partial charge in [-0.3, -0.25) is 0 Å². The lowest BCUT2D eigenvalue weighted by Crippen LogP contribution is -2.37. The van der Waals surface area contributed by atoms with Gasteiger partial charge in [0.05, 0.1) is 0 Å². The van der Waals surface area contributed by atoms with Crippen molar-refractivity contribution in [3.8, 4) is 0 Å². The Bertz CT molecular complexity index is 658. The average Bonchev–Trinajstić information content (AvgIpc) is 3.22. The Balaban J connectivity index is 1.69. The van der Waals surface area contributed by atoms with Crippen molar-refractivity contribution < 1.29 is 0 Å². The second kappa shape index (κ2) is 6.57. The topological polar surface area (TPSA) is 46.0 Å². The number of rotatable bonds is 4. The molecule has 4 heterocycles. The summed E-state index contributed by atoms with van der Waals surface area (Å²) >= 11 is 0. The molecule has 2 aliphatic heterocycles. The quantitative estimate of drug-likeness (QED) is 0.940. The molecule has 2 unspecified atom stereocenters. The smallest absolute Gasteiger partial charge is 0.160 e. The second-order valence-electron chi connectivity index (χ2n) is 7.00. The van der Waals surface area contributed by atoms with E-state index in [1.165, 1.54) is 31.6 Å². The molecule has 124 valence electrons. The van der Waals surface area contributed by atoms with Gasteiger partial charge < -0.3 is 14.8 Å². The third-order valence-corrected chi connectivity index (χ3v) is 5.45. The number of imidazole rings is 1. The van der Waals surface area contributed by atoms with Crippen LogP contribution in [0.1, 0.15) is 38.1 Å². The van der Waals surface area contributed by atoms with E-state index in [1.54, 1.807) is 0 Å². The largest absolute Gasteiger partial charge is 0.316 e. The molecule has 0 aliphatic carbocycles. The molecule has 2 aliphatic rings. The normalized spacial score (nSPS) is 26.1. The number of nitrogens with one attached hydrogen (secondary N) is 1. The Morgan fingerprint density at radius 3 is 3.13 bits per heavy atom. The van der Waals surface area contributed by atoms with Crippen molar-refractivity contribution in [3.05, 3.63) is 24.2 Å². The fourth-order valence-corrected chi connectivity index (χ4v) is 4.18. The van der Waals surface area contributed by atoms with Crippen LogP contribution in [0, 0.1) is 5.92 Å². The van der Waals surface area contributed by atoms with E-state index >= 15 is 0 Å². The van der Waals surface area contributed by atoms with Crippen LogP contribution in [0.3, 0.4) is 0 Å². The number of likely N-dealkylation sites (tertiary alicyclic amines) is 1. The molecule has 0 amide bonds. The van der Waals surface area contributed by atoms with Crippen LogP contribution in [0.4, 0.5) is 0 Å². The van der Waals surface area contributed by atoms with E-state index in [1.807, 2.05) is 12.3 Å². The molecule has 2 aromatic rings. The highest BCUT2D eigenvalue weighted by molar-refractivity contribution is 5.71. The first-order valence-corrected chi connectivity index (χ1v) is 9.10. The van der Waals surface area contributed by atoms with Gasteiger partial charge in [-0.25, -0.2) is 9.97 Å². The van der Waals surface area contributed by atoms with E-state index in [4.69, 9.17) is 4.98 Å². The van der Waals surface area contributed by atoms with Crippen molar-refractivity contribution in [2.24, 2.45) is 5.92 Å². The highest BCUT2D eigenvalue weighted by atomic mass is 15.2. The number of hydrogen-bond donors (Lipinski definition) is 1. The summed E-state index contributed by atoms with van der Waals surface area (Å²) in [4.78, 5) is 12.2. The maximum absolute atomic E-state index is 4.96. The van der Waals surface area contributed by atoms with E-state index in [9.17, 15) is 0 Å². The van der Waals surface area contributed by atoms with Crippen LogP contribution in [0.2, 0.25) is 0 Å². The lowest BCUT2D eigenvalue weighted by molar-refractivity contribution is 0.184. The SMILES string of the molecule is CCN1CCCC(n2c(CC3CCNC3)nc3cccnc32)C1. The predicted octanol–water partition coefficient (Wildman–Crippen LogP) is 2.24. The second-order valence-corrected chi connectivity index (χ2v) is 7.00. The lowest BCUT2D eigenvalue weighted by Gasteiger charge is -2.33. The molecule has 1 N–H and O–H groups in total. The molecule has 2 aromatic heterocycles. The van der Waals surface area contributed by atoms with Gasteiger partial charge in [-0.15, -0.1) is 0 Å². The number of piperidine rings is 1. The molecule has 23 heavy (non-hydrogen) atoms. The Morgan fingerprint density at radius 2 is 2.30 bits per heavy atom. The summed E-state index contributed by atoms with van der Waals surface area (Å²) in [5, 5.41) is 3.48. The van der Waals surface area contributed by atoms with E-state index in [-0.39, 0.29) is 0 Å². The molecular formula is C18H27N5. The fraction of sp³-hybridized carbons (Fsp3) is 0.667. The number of nitrogens with zero attached hydrogens (tertiary/aromatic N) is 4. The summed E-state index contributed by atoms with van der Waals surface area (Å²) in [6.45, 7) is 8.04. The highest BCUT2D eigenvalue weighted by Gasteiger charge is 2.26. The van der Waals surface area contributed by atoms with Crippen LogP contribution in [0.25, 0.3) is 11.2 Å². The maximum atomic E-state index is 4.96. The molecule has 0 bridgehead atoms. The third kappa shape index (κ3) is 3.00. The summed E-state index contributed by atoms with van der Waals surface area (Å²) in [6, 6.07) is 4.63. The zero-order chi connectivity index (χ0) is 15.6. The molecule has 0 aromatic carbocycles. The maximum Gasteiger partial charge on any atom is 0.160 e. The van der Waals surface area contributed by atoms with Crippen molar-refractivity contribution in [2.45, 2.75) is 38.6 Å². The van der Waals surface area contributed by atoms with Crippen molar-refractivity contribution >= 4 is 11.2 Å². The summed E-state index contributed by atoms with van der Waals surface area (Å²) in [6.07, 6.45) is 6.76. The van der Waals surface area contributed by atoms with Crippen LogP contribution >= 0.6 is 0 Å². The molecule has 0 saturated carbocycles. The molecule has 4 rings (SSSR count). The summed E-state index contributed by atoms with van der Waals surface area (Å²) in [7, 11) is 0. The van der Waals surface area contributed by atoms with Crippen LogP contribution in [-0.2, 0) is 6.42 Å². The van der Waals surface area contributed by atoms with Gasteiger partial charge in [0.15, 0.2) is 5.65 Å². The number of aromatic nitrogens is 3. The minimum absolute atomic E-state index is 0.521. The summed E-state index contributed by atoms with van der Waals surface area (Å²) < 4.78 is 2.47. The van der Waals surface area contributed by atoms with E-state index < -0.39 is 0 Å². The minimum atomic E-state index is 0.521. The van der Waals surface area contributed by atoms with Gasteiger partial charge in [0, 0.05) is 25.2 Å². The van der Waals surface area contributed by atoms with Crippen molar-refractivity contribution in [1.82, 2.24) is 24.8 Å². The van der Waals surface area contributed by atoms with Crippen LogP contribution in [-0.4, -0.2) is 52.2 Å². The molecule has 2 saturated heterocycles. The Labute approximate surface area is 138 Å². The fourth-order valence-electron chi connectivity index (χ4n) is 4.18. The number of pyridine rings is 1. The minimum Gasteiger partial charge on any atom is -0.316 e. The zero-order valence-electron chi connectivity index (χ0n) is 14.0. The third-order valence-electron chi connectivity index (χ3n) is 5.45. The van der Waals surface area contributed by atoms with Crippen molar-refractivity contribution in [1.29, 1.82) is 0 Å². The first-order valence-electron chi connectivity index (χ1n) is 9.10. The first-order chi connectivity index (χ1) is 11.3. The summed E-state index contributed by atoms with van der Waals surface area (Å²) in [5.74, 6) is 1.96. The van der Waals surface area contributed by atoms with Gasteiger partial charge in [0.25, 0.3) is 0 Å².